The molecule has 2 rings (SSSR count). The Bertz CT molecular complexity index is 780. The highest BCUT2D eigenvalue weighted by Gasteiger charge is 2.24. The second-order valence-corrected chi connectivity index (χ2v) is 6.61. The molecule has 0 spiro atoms. The second-order valence-electron chi connectivity index (χ2n) is 4.96. The minimum atomic E-state index is -4.22. The molecule has 8 heteroatoms. The highest BCUT2D eigenvalue weighted by Crippen LogP contribution is 2.29. The number of ether oxygens (including phenoxy) is 1. The summed E-state index contributed by atoms with van der Waals surface area (Å²) in [6.07, 6.45) is -1.72. The zero-order chi connectivity index (χ0) is 17.0. The Hall–Kier alpha value is -2.22. The molecule has 0 saturated heterocycles. The van der Waals surface area contributed by atoms with Crippen LogP contribution in [0, 0.1) is 0 Å². The minimum Gasteiger partial charge on any atom is -0.487 e. The summed E-state index contributed by atoms with van der Waals surface area (Å²) in [6.45, 7) is 3.55. The van der Waals surface area contributed by atoms with E-state index < -0.39 is 26.9 Å². The van der Waals surface area contributed by atoms with Crippen molar-refractivity contribution in [2.45, 2.75) is 31.3 Å². The van der Waals surface area contributed by atoms with E-state index in [0.29, 0.717) is 0 Å². The fourth-order valence-electron chi connectivity index (χ4n) is 1.90. The van der Waals surface area contributed by atoms with Crippen molar-refractivity contribution in [2.75, 3.05) is 4.72 Å². The molecule has 1 aromatic carbocycles. The Morgan fingerprint density at radius 3 is 2.48 bits per heavy atom. The van der Waals surface area contributed by atoms with Gasteiger partial charge in [0.15, 0.2) is 11.6 Å². The molecule has 5 nitrogen and oxygen atoms in total. The maximum atomic E-state index is 13.0. The van der Waals surface area contributed by atoms with E-state index in [1.165, 1.54) is 18.3 Å². The van der Waals surface area contributed by atoms with Gasteiger partial charge in [-0.25, -0.2) is 22.2 Å². The quantitative estimate of drug-likeness (QED) is 0.871. The van der Waals surface area contributed by atoms with Crippen molar-refractivity contribution < 1.29 is 21.9 Å². The topological polar surface area (TPSA) is 68.3 Å². The number of alkyl halides is 2. The molecule has 0 atom stereocenters. The third-order valence-corrected chi connectivity index (χ3v) is 4.22. The molecule has 0 aliphatic carbocycles. The third kappa shape index (κ3) is 4.16. The van der Waals surface area contributed by atoms with E-state index in [-0.39, 0.29) is 17.7 Å². The second kappa shape index (κ2) is 6.91. The van der Waals surface area contributed by atoms with Gasteiger partial charge in [0, 0.05) is 11.8 Å². The van der Waals surface area contributed by atoms with Gasteiger partial charge in [-0.2, -0.15) is 0 Å². The van der Waals surface area contributed by atoms with Crippen molar-refractivity contribution >= 4 is 15.8 Å². The predicted octanol–water partition coefficient (Wildman–Crippen LogP) is 3.61. The van der Waals surface area contributed by atoms with E-state index >= 15 is 0 Å². The molecule has 1 heterocycles. The molecule has 0 radical (unpaired) electrons. The Balaban J connectivity index is 2.40. The van der Waals surface area contributed by atoms with Gasteiger partial charge in [0.1, 0.15) is 0 Å². The number of anilines is 1. The summed E-state index contributed by atoms with van der Waals surface area (Å²) >= 11 is 0. The summed E-state index contributed by atoms with van der Waals surface area (Å²) in [5, 5.41) is 0. The van der Waals surface area contributed by atoms with Crippen LogP contribution in [0.3, 0.4) is 0 Å². The summed E-state index contributed by atoms with van der Waals surface area (Å²) in [4.78, 5) is 3.42. The molecule has 0 bridgehead atoms. The van der Waals surface area contributed by atoms with Gasteiger partial charge in [0.2, 0.25) is 0 Å². The normalized spacial score (nSPS) is 11.7. The van der Waals surface area contributed by atoms with Crippen LogP contribution in [0.25, 0.3) is 0 Å². The molecule has 1 N–H and O–H groups in total. The number of rotatable bonds is 6. The lowest BCUT2D eigenvalue weighted by Gasteiger charge is -2.15. The van der Waals surface area contributed by atoms with Crippen molar-refractivity contribution in [1.82, 2.24) is 4.98 Å². The molecule has 0 saturated carbocycles. The van der Waals surface area contributed by atoms with Crippen molar-refractivity contribution in [1.29, 1.82) is 0 Å². The average molecular weight is 342 g/mol. The molecule has 2 aromatic rings. The van der Waals surface area contributed by atoms with Gasteiger partial charge in [0.25, 0.3) is 16.4 Å². The largest absolute Gasteiger partial charge is 0.487 e. The molecule has 0 amide bonds. The van der Waals surface area contributed by atoms with Crippen molar-refractivity contribution in [2.24, 2.45) is 0 Å². The molecule has 0 unspecified atom stereocenters. The smallest absolute Gasteiger partial charge is 0.265 e. The maximum Gasteiger partial charge on any atom is 0.265 e. The number of nitrogens with one attached hydrogen (secondary N) is 1. The van der Waals surface area contributed by atoms with Crippen LogP contribution in [0.5, 0.6) is 5.75 Å². The lowest BCUT2D eigenvalue weighted by atomic mass is 10.2. The lowest BCUT2D eigenvalue weighted by Crippen LogP contribution is -2.17. The summed E-state index contributed by atoms with van der Waals surface area (Å²) in [5.41, 5.74) is -0.567. The number of hydrogen-bond acceptors (Lipinski definition) is 4. The molecule has 23 heavy (non-hydrogen) atoms. The first-order chi connectivity index (χ1) is 10.8. The van der Waals surface area contributed by atoms with Gasteiger partial charge >= 0.3 is 0 Å². The predicted molar refractivity (Wildman–Crippen MR) is 82.2 cm³/mol. The summed E-state index contributed by atoms with van der Waals surface area (Å²) in [5.74, 6) is 0.172. The van der Waals surface area contributed by atoms with E-state index in [9.17, 15) is 17.2 Å². The van der Waals surface area contributed by atoms with Crippen LogP contribution in [-0.2, 0) is 10.0 Å². The minimum absolute atomic E-state index is 0.0507. The number of pyridine rings is 1. The zero-order valence-electron chi connectivity index (χ0n) is 12.5. The Labute approximate surface area is 133 Å². The first kappa shape index (κ1) is 17.1. The number of halogens is 2. The number of nitrogens with zero attached hydrogens (tertiary/aromatic N) is 1. The first-order valence-electron chi connectivity index (χ1n) is 6.83. The standard InChI is InChI=1S/C15H16F2N2O3S/c1-10(2)22-12-7-5-9-18-15(12)19-23(20,21)13-8-4-3-6-11(13)14(16)17/h3-10,14H,1-2H3,(H,18,19). The Kier molecular flexibility index (Phi) is 5.15. The number of aromatic nitrogens is 1. The molecular weight excluding hydrogens is 326 g/mol. The molecule has 0 aliphatic rings. The van der Waals surface area contributed by atoms with Gasteiger partial charge in [-0.3, -0.25) is 4.72 Å². The van der Waals surface area contributed by atoms with Crippen LogP contribution in [0.1, 0.15) is 25.8 Å². The van der Waals surface area contributed by atoms with Gasteiger partial charge in [-0.15, -0.1) is 0 Å². The zero-order valence-corrected chi connectivity index (χ0v) is 13.3. The first-order valence-corrected chi connectivity index (χ1v) is 8.31. The number of benzene rings is 1. The van der Waals surface area contributed by atoms with Gasteiger partial charge in [0.05, 0.1) is 11.0 Å². The van der Waals surface area contributed by atoms with E-state index in [1.807, 2.05) is 0 Å². The maximum absolute atomic E-state index is 13.0. The third-order valence-electron chi connectivity index (χ3n) is 2.81. The van der Waals surface area contributed by atoms with Crippen molar-refractivity contribution in [3.63, 3.8) is 0 Å². The van der Waals surface area contributed by atoms with Crippen LogP contribution < -0.4 is 9.46 Å². The van der Waals surface area contributed by atoms with E-state index in [1.54, 1.807) is 26.0 Å². The summed E-state index contributed by atoms with van der Waals surface area (Å²) < 4.78 is 58.6. The molecular formula is C15H16F2N2O3S. The van der Waals surface area contributed by atoms with Crippen LogP contribution in [0.2, 0.25) is 0 Å². The van der Waals surface area contributed by atoms with Crippen LogP contribution in [-0.4, -0.2) is 19.5 Å². The van der Waals surface area contributed by atoms with Crippen LogP contribution >= 0.6 is 0 Å². The monoisotopic (exact) mass is 342 g/mol. The van der Waals surface area contributed by atoms with Gasteiger partial charge < -0.3 is 4.74 Å². The van der Waals surface area contributed by atoms with E-state index in [0.717, 1.165) is 12.1 Å². The number of hydrogen-bond donors (Lipinski definition) is 1. The van der Waals surface area contributed by atoms with E-state index in [2.05, 4.69) is 9.71 Å². The summed E-state index contributed by atoms with van der Waals surface area (Å²) in [7, 11) is -4.22. The van der Waals surface area contributed by atoms with Crippen molar-refractivity contribution in [3.05, 3.63) is 48.2 Å². The Morgan fingerprint density at radius 2 is 1.83 bits per heavy atom. The fraction of sp³-hybridized carbons (Fsp3) is 0.267. The number of sulfonamides is 1. The van der Waals surface area contributed by atoms with Crippen molar-refractivity contribution in [3.8, 4) is 5.75 Å². The SMILES string of the molecule is CC(C)Oc1cccnc1NS(=O)(=O)c1ccccc1C(F)F. The van der Waals surface area contributed by atoms with Crippen LogP contribution in [0.15, 0.2) is 47.5 Å². The van der Waals surface area contributed by atoms with Crippen LogP contribution in [0.4, 0.5) is 14.6 Å². The highest BCUT2D eigenvalue weighted by atomic mass is 32.2. The summed E-state index contributed by atoms with van der Waals surface area (Å²) in [6, 6.07) is 8.06. The average Bonchev–Trinajstić information content (AvgIpc) is 2.48. The van der Waals surface area contributed by atoms with E-state index in [4.69, 9.17) is 4.74 Å². The lowest BCUT2D eigenvalue weighted by molar-refractivity contribution is 0.148. The fourth-order valence-corrected chi connectivity index (χ4v) is 3.15. The van der Waals surface area contributed by atoms with Gasteiger partial charge in [-0.05, 0) is 32.0 Å². The Morgan fingerprint density at radius 1 is 1.13 bits per heavy atom. The highest BCUT2D eigenvalue weighted by molar-refractivity contribution is 7.92. The van der Waals surface area contributed by atoms with Gasteiger partial charge in [-0.1, -0.05) is 18.2 Å². The molecule has 124 valence electrons. The molecule has 1 aromatic heterocycles. The molecule has 0 fully saturated rings. The molecule has 0 aliphatic heterocycles.